The zero-order valence-corrected chi connectivity index (χ0v) is 13.6. The van der Waals surface area contributed by atoms with Crippen molar-refractivity contribution in [3.05, 3.63) is 22.2 Å². The van der Waals surface area contributed by atoms with Gasteiger partial charge in [0.2, 0.25) is 0 Å². The van der Waals surface area contributed by atoms with Crippen molar-refractivity contribution in [2.45, 2.75) is 39.2 Å². The van der Waals surface area contributed by atoms with Crippen LogP contribution in [0.1, 0.15) is 38.2 Å². The number of halogens is 1. The number of rotatable bonds is 5. The SMILES string of the molecule is CCC1(CNCc2cc(Br)c3c(c2)OCCCO3)CC1. The van der Waals surface area contributed by atoms with E-state index in [0.717, 1.165) is 48.7 Å². The summed E-state index contributed by atoms with van der Waals surface area (Å²) in [6, 6.07) is 4.23. The Bertz CT molecular complexity index is 486. The van der Waals surface area contributed by atoms with Gasteiger partial charge in [0.05, 0.1) is 17.7 Å². The first-order chi connectivity index (χ1) is 9.72. The van der Waals surface area contributed by atoms with E-state index in [9.17, 15) is 0 Å². The van der Waals surface area contributed by atoms with Crippen molar-refractivity contribution < 1.29 is 9.47 Å². The molecule has 0 saturated heterocycles. The molecule has 2 aliphatic rings. The first kappa shape index (κ1) is 14.2. The Labute approximate surface area is 129 Å². The summed E-state index contributed by atoms with van der Waals surface area (Å²) in [5, 5.41) is 3.59. The molecule has 1 saturated carbocycles. The molecule has 1 aromatic carbocycles. The van der Waals surface area contributed by atoms with E-state index in [1.807, 2.05) is 0 Å². The molecule has 0 amide bonds. The molecule has 0 radical (unpaired) electrons. The largest absolute Gasteiger partial charge is 0.490 e. The van der Waals surface area contributed by atoms with Crippen molar-refractivity contribution in [2.75, 3.05) is 19.8 Å². The molecule has 1 N–H and O–H groups in total. The van der Waals surface area contributed by atoms with E-state index in [1.165, 1.54) is 24.8 Å². The highest BCUT2D eigenvalue weighted by Gasteiger charge is 2.39. The third kappa shape index (κ3) is 3.12. The number of hydrogen-bond donors (Lipinski definition) is 1. The molecular formula is C16H22BrNO2. The average Bonchev–Trinajstić information content (AvgIpc) is 3.23. The lowest BCUT2D eigenvalue weighted by atomic mass is 10.0. The summed E-state index contributed by atoms with van der Waals surface area (Å²) in [5.41, 5.74) is 1.83. The second-order valence-corrected chi connectivity index (χ2v) is 6.77. The van der Waals surface area contributed by atoms with Crippen LogP contribution in [0, 0.1) is 5.41 Å². The normalized spacial score (nSPS) is 19.5. The van der Waals surface area contributed by atoms with Crippen molar-refractivity contribution in [1.29, 1.82) is 0 Å². The van der Waals surface area contributed by atoms with Gasteiger partial charge in [0.1, 0.15) is 0 Å². The molecule has 3 nitrogen and oxygen atoms in total. The fraction of sp³-hybridized carbons (Fsp3) is 0.625. The van der Waals surface area contributed by atoms with Gasteiger partial charge in [-0.25, -0.2) is 0 Å². The van der Waals surface area contributed by atoms with E-state index < -0.39 is 0 Å². The molecular weight excluding hydrogens is 318 g/mol. The molecule has 1 heterocycles. The highest BCUT2D eigenvalue weighted by atomic mass is 79.9. The Balaban J connectivity index is 1.65. The molecule has 1 aliphatic carbocycles. The molecule has 4 heteroatoms. The molecule has 3 rings (SSSR count). The van der Waals surface area contributed by atoms with Crippen molar-refractivity contribution in [1.82, 2.24) is 5.32 Å². The molecule has 0 aromatic heterocycles. The summed E-state index contributed by atoms with van der Waals surface area (Å²) in [6.07, 6.45) is 4.97. The van der Waals surface area contributed by atoms with Crippen LogP contribution in [0.25, 0.3) is 0 Å². The summed E-state index contributed by atoms with van der Waals surface area (Å²) < 4.78 is 12.5. The summed E-state index contributed by atoms with van der Waals surface area (Å²) in [4.78, 5) is 0. The summed E-state index contributed by atoms with van der Waals surface area (Å²) in [6.45, 7) is 5.75. The zero-order valence-electron chi connectivity index (χ0n) is 12.0. The first-order valence-electron chi connectivity index (χ1n) is 7.51. The van der Waals surface area contributed by atoms with Gasteiger partial charge < -0.3 is 14.8 Å². The van der Waals surface area contributed by atoms with Gasteiger partial charge >= 0.3 is 0 Å². The van der Waals surface area contributed by atoms with Crippen LogP contribution in [0.5, 0.6) is 11.5 Å². The van der Waals surface area contributed by atoms with E-state index >= 15 is 0 Å². The Hall–Kier alpha value is -0.740. The molecule has 0 atom stereocenters. The van der Waals surface area contributed by atoms with Crippen LogP contribution in [-0.4, -0.2) is 19.8 Å². The topological polar surface area (TPSA) is 30.5 Å². The van der Waals surface area contributed by atoms with E-state index in [2.05, 4.69) is 40.3 Å². The Morgan fingerprint density at radius 3 is 2.80 bits per heavy atom. The van der Waals surface area contributed by atoms with Gasteiger partial charge in [-0.1, -0.05) is 6.92 Å². The van der Waals surface area contributed by atoms with Gasteiger partial charge in [-0.2, -0.15) is 0 Å². The van der Waals surface area contributed by atoms with Crippen LogP contribution in [0.15, 0.2) is 16.6 Å². The van der Waals surface area contributed by atoms with Gasteiger partial charge in [-0.3, -0.25) is 0 Å². The van der Waals surface area contributed by atoms with Crippen LogP contribution in [0.2, 0.25) is 0 Å². The number of hydrogen-bond acceptors (Lipinski definition) is 3. The molecule has 1 aliphatic heterocycles. The van der Waals surface area contributed by atoms with E-state index in [4.69, 9.17) is 9.47 Å². The molecule has 0 unspecified atom stereocenters. The van der Waals surface area contributed by atoms with Gasteiger partial charge in [-0.05, 0) is 58.3 Å². The smallest absolute Gasteiger partial charge is 0.175 e. The first-order valence-corrected chi connectivity index (χ1v) is 8.30. The lowest BCUT2D eigenvalue weighted by molar-refractivity contribution is 0.296. The molecule has 1 fully saturated rings. The van der Waals surface area contributed by atoms with Crippen molar-refractivity contribution >= 4 is 15.9 Å². The second-order valence-electron chi connectivity index (χ2n) is 5.91. The summed E-state index contributed by atoms with van der Waals surface area (Å²) in [5.74, 6) is 1.71. The average molecular weight is 340 g/mol. The van der Waals surface area contributed by atoms with Crippen LogP contribution in [-0.2, 0) is 6.54 Å². The van der Waals surface area contributed by atoms with Crippen molar-refractivity contribution in [2.24, 2.45) is 5.41 Å². The molecule has 1 aromatic rings. The summed E-state index contributed by atoms with van der Waals surface area (Å²) >= 11 is 3.59. The molecule has 0 spiro atoms. The number of nitrogens with one attached hydrogen (secondary N) is 1. The minimum absolute atomic E-state index is 0.586. The minimum Gasteiger partial charge on any atom is -0.490 e. The Kier molecular flexibility index (Phi) is 4.22. The fourth-order valence-electron chi connectivity index (χ4n) is 2.69. The molecule has 0 bridgehead atoms. The van der Waals surface area contributed by atoms with Gasteiger partial charge in [0, 0.05) is 19.5 Å². The minimum atomic E-state index is 0.586. The van der Waals surface area contributed by atoms with Crippen LogP contribution < -0.4 is 14.8 Å². The van der Waals surface area contributed by atoms with E-state index in [1.54, 1.807) is 0 Å². The highest BCUT2D eigenvalue weighted by molar-refractivity contribution is 9.10. The third-order valence-electron chi connectivity index (χ3n) is 4.40. The third-order valence-corrected chi connectivity index (χ3v) is 4.99. The van der Waals surface area contributed by atoms with Gasteiger partial charge in [0.15, 0.2) is 11.5 Å². The lowest BCUT2D eigenvalue weighted by Gasteiger charge is -2.15. The predicted molar refractivity (Wildman–Crippen MR) is 83.4 cm³/mol. The Morgan fingerprint density at radius 2 is 2.05 bits per heavy atom. The fourth-order valence-corrected chi connectivity index (χ4v) is 3.29. The monoisotopic (exact) mass is 339 g/mol. The quantitative estimate of drug-likeness (QED) is 0.882. The predicted octanol–water partition coefficient (Wildman–Crippen LogP) is 3.89. The zero-order chi connectivity index (χ0) is 14.0. The standard InChI is InChI=1S/C16H22BrNO2/c1-2-16(4-5-16)11-18-10-12-8-13(17)15-14(9-12)19-6-3-7-20-15/h8-9,18H,2-7,10-11H2,1H3. The van der Waals surface area contributed by atoms with Crippen molar-refractivity contribution in [3.8, 4) is 11.5 Å². The number of benzene rings is 1. The van der Waals surface area contributed by atoms with Crippen LogP contribution >= 0.6 is 15.9 Å². The number of ether oxygens (including phenoxy) is 2. The highest BCUT2D eigenvalue weighted by Crippen LogP contribution is 2.48. The van der Waals surface area contributed by atoms with E-state index in [0.29, 0.717) is 5.41 Å². The van der Waals surface area contributed by atoms with Crippen LogP contribution in [0.4, 0.5) is 0 Å². The molecule has 110 valence electrons. The van der Waals surface area contributed by atoms with Crippen LogP contribution in [0.3, 0.4) is 0 Å². The second kappa shape index (κ2) is 5.94. The summed E-state index contributed by atoms with van der Waals surface area (Å²) in [7, 11) is 0. The maximum absolute atomic E-state index is 5.77. The maximum atomic E-state index is 5.77. The molecule has 20 heavy (non-hydrogen) atoms. The van der Waals surface area contributed by atoms with Crippen molar-refractivity contribution in [3.63, 3.8) is 0 Å². The number of fused-ring (bicyclic) bond motifs is 1. The van der Waals surface area contributed by atoms with Gasteiger partial charge in [0.25, 0.3) is 0 Å². The van der Waals surface area contributed by atoms with Gasteiger partial charge in [-0.15, -0.1) is 0 Å². The lowest BCUT2D eigenvalue weighted by Crippen LogP contribution is -2.23. The maximum Gasteiger partial charge on any atom is 0.175 e. The Morgan fingerprint density at radius 1 is 1.25 bits per heavy atom. The van der Waals surface area contributed by atoms with E-state index in [-0.39, 0.29) is 0 Å².